The predicted octanol–water partition coefficient (Wildman–Crippen LogP) is -0.756. The second kappa shape index (κ2) is 7.01. The standard InChI is InChI=1S/C12H24N2O6S/c1-5-19-11(15)12(4,16)8-13-21(17,18)14-6-9(2)20-10(3)7-14/h9-10,13,16H,5-8H2,1-4H3/t9-,10+,12-/m1/s1. The number of ether oxygens (including phenoxy) is 2. The molecule has 124 valence electrons. The Balaban J connectivity index is 2.66. The molecule has 1 heterocycles. The fourth-order valence-electron chi connectivity index (χ4n) is 2.01. The van der Waals surface area contributed by atoms with Crippen molar-refractivity contribution in [2.75, 3.05) is 26.2 Å². The largest absolute Gasteiger partial charge is 0.464 e. The van der Waals surface area contributed by atoms with E-state index in [0.717, 1.165) is 0 Å². The fourth-order valence-corrected chi connectivity index (χ4v) is 3.47. The summed E-state index contributed by atoms with van der Waals surface area (Å²) in [4.78, 5) is 11.5. The van der Waals surface area contributed by atoms with Crippen LogP contribution in [0.3, 0.4) is 0 Å². The normalized spacial score (nSPS) is 27.1. The molecule has 0 bridgehead atoms. The van der Waals surface area contributed by atoms with E-state index in [1.807, 2.05) is 0 Å². The summed E-state index contributed by atoms with van der Waals surface area (Å²) in [5.74, 6) is -0.864. The summed E-state index contributed by atoms with van der Waals surface area (Å²) in [7, 11) is -3.80. The van der Waals surface area contributed by atoms with Crippen molar-refractivity contribution in [3.63, 3.8) is 0 Å². The Bertz CT molecular complexity index is 454. The van der Waals surface area contributed by atoms with Gasteiger partial charge in [0, 0.05) is 13.1 Å². The van der Waals surface area contributed by atoms with Crippen molar-refractivity contribution in [1.29, 1.82) is 0 Å². The number of hydrogen-bond donors (Lipinski definition) is 2. The first kappa shape index (κ1) is 18.3. The predicted molar refractivity (Wildman–Crippen MR) is 75.8 cm³/mol. The van der Waals surface area contributed by atoms with Gasteiger partial charge in [-0.2, -0.15) is 17.4 Å². The van der Waals surface area contributed by atoms with Gasteiger partial charge in [0.05, 0.1) is 25.4 Å². The molecule has 8 nitrogen and oxygen atoms in total. The number of nitrogens with one attached hydrogen (secondary N) is 1. The van der Waals surface area contributed by atoms with E-state index in [0.29, 0.717) is 0 Å². The molecule has 21 heavy (non-hydrogen) atoms. The van der Waals surface area contributed by atoms with Crippen LogP contribution in [0, 0.1) is 0 Å². The third-order valence-corrected chi connectivity index (χ3v) is 4.53. The molecule has 0 aromatic carbocycles. The summed E-state index contributed by atoms with van der Waals surface area (Å²) in [6.07, 6.45) is -0.424. The fraction of sp³-hybridized carbons (Fsp3) is 0.917. The molecule has 0 amide bonds. The number of esters is 1. The summed E-state index contributed by atoms with van der Waals surface area (Å²) in [5.41, 5.74) is -1.91. The molecular weight excluding hydrogens is 300 g/mol. The Morgan fingerprint density at radius 1 is 1.43 bits per heavy atom. The number of aliphatic hydroxyl groups is 1. The van der Waals surface area contributed by atoms with Crippen LogP contribution in [0.15, 0.2) is 0 Å². The quantitative estimate of drug-likeness (QED) is 0.623. The van der Waals surface area contributed by atoms with Crippen molar-refractivity contribution >= 4 is 16.2 Å². The Morgan fingerprint density at radius 2 is 1.95 bits per heavy atom. The van der Waals surface area contributed by atoms with E-state index < -0.39 is 28.3 Å². The van der Waals surface area contributed by atoms with Crippen molar-refractivity contribution in [2.45, 2.75) is 45.5 Å². The van der Waals surface area contributed by atoms with E-state index in [2.05, 4.69) is 4.72 Å². The van der Waals surface area contributed by atoms with E-state index >= 15 is 0 Å². The molecule has 0 spiro atoms. The number of rotatable bonds is 6. The maximum atomic E-state index is 12.2. The van der Waals surface area contributed by atoms with E-state index in [1.165, 1.54) is 11.2 Å². The van der Waals surface area contributed by atoms with Crippen LogP contribution >= 0.6 is 0 Å². The second-order valence-corrected chi connectivity index (χ2v) is 7.15. The zero-order valence-electron chi connectivity index (χ0n) is 12.8. The monoisotopic (exact) mass is 324 g/mol. The first-order valence-electron chi connectivity index (χ1n) is 6.88. The molecule has 1 aliphatic heterocycles. The molecule has 9 heteroatoms. The first-order chi connectivity index (χ1) is 9.58. The van der Waals surface area contributed by atoms with Gasteiger partial charge in [0.15, 0.2) is 5.60 Å². The van der Waals surface area contributed by atoms with Gasteiger partial charge < -0.3 is 14.6 Å². The topological polar surface area (TPSA) is 105 Å². The molecular formula is C12H24N2O6S. The van der Waals surface area contributed by atoms with Crippen molar-refractivity contribution in [3.05, 3.63) is 0 Å². The molecule has 1 saturated heterocycles. The molecule has 0 aromatic heterocycles. The smallest absolute Gasteiger partial charge is 0.339 e. The van der Waals surface area contributed by atoms with Crippen LogP contribution in [0.25, 0.3) is 0 Å². The van der Waals surface area contributed by atoms with Gasteiger partial charge in [-0.25, -0.2) is 4.79 Å². The van der Waals surface area contributed by atoms with Gasteiger partial charge in [-0.1, -0.05) is 0 Å². The summed E-state index contributed by atoms with van der Waals surface area (Å²) in [5, 5.41) is 9.94. The first-order valence-corrected chi connectivity index (χ1v) is 8.32. The number of hydrogen-bond acceptors (Lipinski definition) is 6. The highest BCUT2D eigenvalue weighted by Crippen LogP contribution is 2.14. The highest BCUT2D eigenvalue weighted by Gasteiger charge is 2.36. The molecule has 0 unspecified atom stereocenters. The maximum absolute atomic E-state index is 12.2. The zero-order chi connectivity index (χ0) is 16.3. The third kappa shape index (κ3) is 5.19. The molecule has 1 aliphatic rings. The van der Waals surface area contributed by atoms with E-state index in [4.69, 9.17) is 9.47 Å². The van der Waals surface area contributed by atoms with Crippen molar-refractivity contribution in [2.24, 2.45) is 0 Å². The second-order valence-electron chi connectivity index (χ2n) is 5.39. The Morgan fingerprint density at radius 3 is 2.43 bits per heavy atom. The Labute approximate surface area is 125 Å². The van der Waals surface area contributed by atoms with Crippen molar-refractivity contribution < 1.29 is 27.8 Å². The molecule has 0 saturated carbocycles. The van der Waals surface area contributed by atoms with Gasteiger partial charge in [-0.15, -0.1) is 0 Å². The lowest BCUT2D eigenvalue weighted by molar-refractivity contribution is -0.162. The van der Waals surface area contributed by atoms with Gasteiger partial charge >= 0.3 is 5.97 Å². The van der Waals surface area contributed by atoms with Crippen LogP contribution in [0.5, 0.6) is 0 Å². The van der Waals surface area contributed by atoms with E-state index in [9.17, 15) is 18.3 Å². The van der Waals surface area contributed by atoms with E-state index in [1.54, 1.807) is 20.8 Å². The lowest BCUT2D eigenvalue weighted by atomic mass is 10.1. The van der Waals surface area contributed by atoms with Gasteiger partial charge in [0.1, 0.15) is 0 Å². The lowest BCUT2D eigenvalue weighted by Crippen LogP contribution is -2.55. The van der Waals surface area contributed by atoms with Crippen LogP contribution in [0.2, 0.25) is 0 Å². The minimum Gasteiger partial charge on any atom is -0.464 e. The molecule has 0 radical (unpaired) electrons. The maximum Gasteiger partial charge on any atom is 0.339 e. The molecule has 3 atom stereocenters. The Kier molecular flexibility index (Phi) is 6.11. The average Bonchev–Trinajstić information content (AvgIpc) is 2.36. The molecule has 1 fully saturated rings. The number of carbonyl (C=O) groups is 1. The van der Waals surface area contributed by atoms with E-state index in [-0.39, 0.29) is 31.9 Å². The van der Waals surface area contributed by atoms with Gasteiger partial charge in [-0.3, -0.25) is 0 Å². The Hall–Kier alpha value is -0.740. The van der Waals surface area contributed by atoms with Crippen LogP contribution in [0.1, 0.15) is 27.7 Å². The minimum absolute atomic E-state index is 0.111. The number of morpholine rings is 1. The summed E-state index contributed by atoms with van der Waals surface area (Å²) in [6.45, 7) is 6.49. The van der Waals surface area contributed by atoms with Crippen LogP contribution < -0.4 is 4.72 Å². The summed E-state index contributed by atoms with van der Waals surface area (Å²) < 4.78 is 38.0. The van der Waals surface area contributed by atoms with Crippen LogP contribution in [-0.4, -0.2) is 67.8 Å². The summed E-state index contributed by atoms with van der Waals surface area (Å²) in [6, 6.07) is 0. The molecule has 0 aliphatic carbocycles. The minimum atomic E-state index is -3.80. The zero-order valence-corrected chi connectivity index (χ0v) is 13.6. The molecule has 2 N–H and O–H groups in total. The molecule has 1 rings (SSSR count). The third-order valence-electron chi connectivity index (χ3n) is 3.04. The molecule has 0 aromatic rings. The highest BCUT2D eigenvalue weighted by molar-refractivity contribution is 7.87. The number of carbonyl (C=O) groups excluding carboxylic acids is 1. The van der Waals surface area contributed by atoms with Crippen molar-refractivity contribution in [3.8, 4) is 0 Å². The average molecular weight is 324 g/mol. The number of nitrogens with zero attached hydrogens (tertiary/aromatic N) is 1. The summed E-state index contributed by atoms with van der Waals surface area (Å²) >= 11 is 0. The highest BCUT2D eigenvalue weighted by atomic mass is 32.2. The SMILES string of the molecule is CCOC(=O)[C@](C)(O)CNS(=O)(=O)N1C[C@@H](C)O[C@@H](C)C1. The van der Waals surface area contributed by atoms with Crippen LogP contribution in [-0.2, 0) is 24.5 Å². The van der Waals surface area contributed by atoms with Crippen molar-refractivity contribution in [1.82, 2.24) is 9.03 Å². The van der Waals surface area contributed by atoms with Gasteiger partial charge in [-0.05, 0) is 27.7 Å². The van der Waals surface area contributed by atoms with Gasteiger partial charge in [0.25, 0.3) is 10.2 Å². The lowest BCUT2D eigenvalue weighted by Gasteiger charge is -2.34. The van der Waals surface area contributed by atoms with Crippen LogP contribution in [0.4, 0.5) is 0 Å². The van der Waals surface area contributed by atoms with Gasteiger partial charge in [0.2, 0.25) is 0 Å².